The Morgan fingerprint density at radius 2 is 1.85 bits per heavy atom. The van der Waals surface area contributed by atoms with Crippen LogP contribution in [-0.4, -0.2) is 18.2 Å². The molecular weight excluding hydrogens is 342 g/mol. The van der Waals surface area contributed by atoms with Gasteiger partial charge in [-0.3, -0.25) is 9.40 Å². The van der Waals surface area contributed by atoms with E-state index >= 15 is 0 Å². The first-order valence-corrected chi connectivity index (χ1v) is 8.63. The molecule has 0 amide bonds. The highest BCUT2D eigenvalue weighted by molar-refractivity contribution is 9.08. The predicted molar refractivity (Wildman–Crippen MR) is 82.6 cm³/mol. The van der Waals surface area contributed by atoms with Crippen LogP contribution in [0.3, 0.4) is 0 Å². The molecule has 1 aromatic carbocycles. The molecule has 1 aromatic heterocycles. The molecule has 0 bridgehead atoms. The summed E-state index contributed by atoms with van der Waals surface area (Å²) in [6.45, 7) is 3.43. The fraction of sp³-hybridized carbons (Fsp3) is 0.308. The molecule has 2 aromatic rings. The van der Waals surface area contributed by atoms with E-state index in [-0.39, 0.29) is 4.90 Å². The van der Waals surface area contributed by atoms with Crippen LogP contribution in [0.5, 0.6) is 0 Å². The van der Waals surface area contributed by atoms with Crippen LogP contribution in [0.1, 0.15) is 17.0 Å². The summed E-state index contributed by atoms with van der Waals surface area (Å²) in [7, 11) is -1.89. The van der Waals surface area contributed by atoms with Crippen molar-refractivity contribution in [1.82, 2.24) is 9.78 Å². The third-order valence-electron chi connectivity index (χ3n) is 3.07. The van der Waals surface area contributed by atoms with Gasteiger partial charge in [-0.15, -0.1) is 0 Å². The normalized spacial score (nSPS) is 11.6. The first-order chi connectivity index (χ1) is 9.35. The summed E-state index contributed by atoms with van der Waals surface area (Å²) in [4.78, 5) is 0.240. The molecule has 20 heavy (non-hydrogen) atoms. The quantitative estimate of drug-likeness (QED) is 0.855. The van der Waals surface area contributed by atoms with Crippen molar-refractivity contribution in [1.29, 1.82) is 0 Å². The number of hydrogen-bond acceptors (Lipinski definition) is 3. The van der Waals surface area contributed by atoms with E-state index in [1.807, 2.05) is 12.1 Å². The Labute approximate surface area is 127 Å². The van der Waals surface area contributed by atoms with Crippen LogP contribution in [0.4, 0.5) is 5.69 Å². The Morgan fingerprint density at radius 1 is 1.25 bits per heavy atom. The lowest BCUT2D eigenvalue weighted by atomic mass is 10.2. The maximum atomic E-state index is 12.4. The van der Waals surface area contributed by atoms with Gasteiger partial charge >= 0.3 is 0 Å². The third kappa shape index (κ3) is 2.88. The Morgan fingerprint density at radius 3 is 2.30 bits per heavy atom. The van der Waals surface area contributed by atoms with E-state index in [4.69, 9.17) is 0 Å². The van der Waals surface area contributed by atoms with E-state index in [0.717, 1.165) is 10.9 Å². The Bertz CT molecular complexity index is 721. The number of hydrogen-bond donors (Lipinski definition) is 1. The highest BCUT2D eigenvalue weighted by Gasteiger charge is 2.23. The molecule has 0 atom stereocenters. The van der Waals surface area contributed by atoms with Crippen molar-refractivity contribution in [3.63, 3.8) is 0 Å². The van der Waals surface area contributed by atoms with Crippen LogP contribution < -0.4 is 4.72 Å². The van der Waals surface area contributed by atoms with Crippen molar-refractivity contribution in [3.05, 3.63) is 41.2 Å². The largest absolute Gasteiger partial charge is 0.280 e. The fourth-order valence-corrected chi connectivity index (χ4v) is 3.88. The van der Waals surface area contributed by atoms with Crippen LogP contribution >= 0.6 is 15.9 Å². The molecule has 0 spiro atoms. The summed E-state index contributed by atoms with van der Waals surface area (Å²) in [5, 5.41) is 4.87. The lowest BCUT2D eigenvalue weighted by Gasteiger charge is -2.09. The van der Waals surface area contributed by atoms with Gasteiger partial charge in [0.05, 0.1) is 11.4 Å². The van der Waals surface area contributed by atoms with Gasteiger partial charge in [0.1, 0.15) is 4.90 Å². The highest BCUT2D eigenvalue weighted by atomic mass is 79.9. The van der Waals surface area contributed by atoms with Gasteiger partial charge in [-0.25, -0.2) is 8.42 Å². The molecular formula is C13H16BrN3O2S. The standard InChI is InChI=1S/C13H16BrN3O2S/c1-9-13(10(2)17(3)15-9)20(18,19)16-12-6-4-11(8-14)5-7-12/h4-7,16H,8H2,1-3H3. The lowest BCUT2D eigenvalue weighted by Crippen LogP contribution is -2.14. The summed E-state index contributed by atoms with van der Waals surface area (Å²) in [6.07, 6.45) is 0. The third-order valence-corrected chi connectivity index (χ3v) is 5.35. The van der Waals surface area contributed by atoms with Gasteiger partial charge < -0.3 is 0 Å². The minimum atomic E-state index is -3.62. The van der Waals surface area contributed by atoms with Gasteiger partial charge in [0, 0.05) is 18.1 Å². The summed E-state index contributed by atoms with van der Waals surface area (Å²) >= 11 is 3.35. The van der Waals surface area contributed by atoms with Crippen molar-refractivity contribution < 1.29 is 8.42 Å². The van der Waals surface area contributed by atoms with Crippen molar-refractivity contribution in [2.24, 2.45) is 7.05 Å². The summed E-state index contributed by atoms with van der Waals surface area (Å²) in [6, 6.07) is 7.23. The SMILES string of the molecule is Cc1nn(C)c(C)c1S(=O)(=O)Nc1ccc(CBr)cc1. The van der Waals surface area contributed by atoms with E-state index in [2.05, 4.69) is 25.8 Å². The van der Waals surface area contributed by atoms with Gasteiger partial charge in [0.2, 0.25) is 0 Å². The molecule has 108 valence electrons. The van der Waals surface area contributed by atoms with Crippen molar-refractivity contribution >= 4 is 31.6 Å². The molecule has 0 radical (unpaired) electrons. The molecule has 0 saturated carbocycles. The van der Waals surface area contributed by atoms with E-state index in [0.29, 0.717) is 17.1 Å². The lowest BCUT2D eigenvalue weighted by molar-refractivity contribution is 0.599. The Hall–Kier alpha value is -1.34. The van der Waals surface area contributed by atoms with Gasteiger partial charge in [-0.1, -0.05) is 28.1 Å². The zero-order chi connectivity index (χ0) is 14.9. The number of benzene rings is 1. The number of nitrogens with zero attached hydrogens (tertiary/aromatic N) is 2. The topological polar surface area (TPSA) is 64.0 Å². The van der Waals surface area contributed by atoms with Crippen LogP contribution in [-0.2, 0) is 22.4 Å². The molecule has 1 N–H and O–H groups in total. The molecule has 0 aliphatic carbocycles. The van der Waals surface area contributed by atoms with E-state index in [9.17, 15) is 8.42 Å². The summed E-state index contributed by atoms with van der Waals surface area (Å²) in [5.41, 5.74) is 2.74. The fourth-order valence-electron chi connectivity index (χ4n) is 2.01. The average molecular weight is 358 g/mol. The summed E-state index contributed by atoms with van der Waals surface area (Å²) in [5.74, 6) is 0. The second-order valence-electron chi connectivity index (χ2n) is 4.56. The first kappa shape index (κ1) is 15.1. The zero-order valence-corrected chi connectivity index (χ0v) is 13.9. The van der Waals surface area contributed by atoms with E-state index in [1.165, 1.54) is 0 Å². The van der Waals surface area contributed by atoms with Crippen molar-refractivity contribution in [3.8, 4) is 0 Å². The maximum absolute atomic E-state index is 12.4. The van der Waals surface area contributed by atoms with Gasteiger partial charge in [-0.2, -0.15) is 5.10 Å². The number of halogens is 1. The number of aryl methyl sites for hydroxylation is 2. The number of alkyl halides is 1. The minimum Gasteiger partial charge on any atom is -0.280 e. The van der Waals surface area contributed by atoms with Gasteiger partial charge in [0.15, 0.2) is 0 Å². The van der Waals surface area contributed by atoms with Crippen LogP contribution in [0.15, 0.2) is 29.2 Å². The molecule has 0 aliphatic heterocycles. The monoisotopic (exact) mass is 357 g/mol. The van der Waals surface area contributed by atoms with Crippen molar-refractivity contribution in [2.45, 2.75) is 24.1 Å². The molecule has 0 saturated heterocycles. The Kier molecular flexibility index (Phi) is 4.19. The Balaban J connectivity index is 2.35. The van der Waals surface area contributed by atoms with Crippen LogP contribution in [0.2, 0.25) is 0 Å². The van der Waals surface area contributed by atoms with Crippen LogP contribution in [0, 0.1) is 13.8 Å². The zero-order valence-electron chi connectivity index (χ0n) is 11.5. The molecule has 7 heteroatoms. The molecule has 1 heterocycles. The first-order valence-electron chi connectivity index (χ1n) is 6.03. The second kappa shape index (κ2) is 5.57. The van der Waals surface area contributed by atoms with Crippen LogP contribution in [0.25, 0.3) is 0 Å². The molecule has 2 rings (SSSR count). The van der Waals surface area contributed by atoms with E-state index < -0.39 is 10.0 Å². The highest BCUT2D eigenvalue weighted by Crippen LogP contribution is 2.22. The molecule has 0 fully saturated rings. The van der Waals surface area contributed by atoms with Crippen molar-refractivity contribution in [2.75, 3.05) is 4.72 Å². The molecule has 0 aliphatic rings. The van der Waals surface area contributed by atoms with Gasteiger partial charge in [0.25, 0.3) is 10.0 Å². The molecule has 0 unspecified atom stereocenters. The van der Waals surface area contributed by atoms with E-state index in [1.54, 1.807) is 37.7 Å². The maximum Gasteiger partial charge on any atom is 0.265 e. The number of nitrogens with one attached hydrogen (secondary N) is 1. The molecule has 5 nitrogen and oxygen atoms in total. The van der Waals surface area contributed by atoms with Gasteiger partial charge in [-0.05, 0) is 31.5 Å². The minimum absolute atomic E-state index is 0.240. The smallest absolute Gasteiger partial charge is 0.265 e. The number of sulfonamides is 1. The second-order valence-corrected chi connectivity index (χ2v) is 6.74. The number of aromatic nitrogens is 2. The number of anilines is 1. The average Bonchev–Trinajstić information content (AvgIpc) is 2.64. The summed E-state index contributed by atoms with van der Waals surface area (Å²) < 4.78 is 29.0. The predicted octanol–water partition coefficient (Wildman–Crippen LogP) is 2.73. The number of rotatable bonds is 4.